The number of aliphatic hydroxyl groups excluding tert-OH is 1. The third-order valence-corrected chi connectivity index (χ3v) is 3.43. The van der Waals surface area contributed by atoms with Gasteiger partial charge in [0, 0.05) is 26.2 Å². The molecule has 0 amide bonds. The largest absolute Gasteiger partial charge is 0.390 e. The summed E-state index contributed by atoms with van der Waals surface area (Å²) >= 11 is 0. The van der Waals surface area contributed by atoms with Crippen LogP contribution in [0.5, 0.6) is 0 Å². The Hall–Kier alpha value is -0.420. The number of β-amino-alcohol motifs (C(OH)–C–C–N with tert-alkyl or cyclic N) is 1. The minimum Gasteiger partial charge on any atom is -0.390 e. The molecule has 1 fully saturated rings. The molecule has 0 spiro atoms. The van der Waals surface area contributed by atoms with Crippen molar-refractivity contribution in [1.29, 1.82) is 0 Å². The van der Waals surface area contributed by atoms with Gasteiger partial charge < -0.3 is 14.7 Å². The summed E-state index contributed by atoms with van der Waals surface area (Å²) in [5, 5.41) is 10.2. The van der Waals surface area contributed by atoms with E-state index in [0.717, 1.165) is 45.6 Å². The number of likely N-dealkylation sites (N-methyl/N-ethyl adjacent to an activating group) is 1. The molecule has 0 aliphatic carbocycles. The number of hydrogen-bond donors (Lipinski definition) is 1. The molecule has 0 saturated carbocycles. The molecule has 1 saturated heterocycles. The smallest absolute Gasteiger partial charge is 0.0793 e. The van der Waals surface area contributed by atoms with Crippen LogP contribution in [0.4, 0.5) is 0 Å². The standard InChI is InChI=1S/C15H30N2O2/c1-5-6-7-8-16(4)11-15(18)12-17-9-13(2)19-14(3)10-17/h5,13-15,18H,1,6-12H2,2-4H3. The molecule has 1 N–H and O–H groups in total. The number of ether oxygens (including phenoxy) is 1. The lowest BCUT2D eigenvalue weighted by Gasteiger charge is -2.36. The summed E-state index contributed by atoms with van der Waals surface area (Å²) in [6.45, 7) is 12.2. The van der Waals surface area contributed by atoms with Crippen LogP contribution in [0.25, 0.3) is 0 Å². The number of hydrogen-bond acceptors (Lipinski definition) is 4. The van der Waals surface area contributed by atoms with Crippen LogP contribution in [-0.2, 0) is 4.74 Å². The van der Waals surface area contributed by atoms with E-state index in [-0.39, 0.29) is 18.3 Å². The first-order chi connectivity index (χ1) is 9.01. The number of rotatable bonds is 8. The van der Waals surface area contributed by atoms with Crippen LogP contribution in [0, 0.1) is 0 Å². The van der Waals surface area contributed by atoms with Crippen LogP contribution in [0.3, 0.4) is 0 Å². The third-order valence-electron chi connectivity index (χ3n) is 3.43. The minimum absolute atomic E-state index is 0.265. The Morgan fingerprint density at radius 3 is 2.63 bits per heavy atom. The normalized spacial score (nSPS) is 26.6. The molecule has 1 aliphatic rings. The van der Waals surface area contributed by atoms with E-state index in [0.29, 0.717) is 0 Å². The van der Waals surface area contributed by atoms with E-state index in [4.69, 9.17) is 4.74 Å². The predicted octanol–water partition coefficient (Wildman–Crippen LogP) is 1.35. The summed E-state index contributed by atoms with van der Waals surface area (Å²) in [7, 11) is 2.07. The Morgan fingerprint density at radius 2 is 2.05 bits per heavy atom. The Bertz CT molecular complexity index is 251. The van der Waals surface area contributed by atoms with Gasteiger partial charge in [0.2, 0.25) is 0 Å². The van der Waals surface area contributed by atoms with Crippen LogP contribution in [0.2, 0.25) is 0 Å². The van der Waals surface area contributed by atoms with Crippen LogP contribution < -0.4 is 0 Å². The second kappa shape index (κ2) is 8.69. The van der Waals surface area contributed by atoms with Gasteiger partial charge in [-0.25, -0.2) is 0 Å². The zero-order valence-electron chi connectivity index (χ0n) is 12.7. The van der Waals surface area contributed by atoms with Crippen LogP contribution in [0.15, 0.2) is 12.7 Å². The second-order valence-electron chi connectivity index (χ2n) is 5.82. The van der Waals surface area contributed by atoms with Crippen molar-refractivity contribution in [2.75, 3.05) is 39.8 Å². The second-order valence-corrected chi connectivity index (χ2v) is 5.82. The summed E-state index contributed by atoms with van der Waals surface area (Å²) in [6, 6.07) is 0. The highest BCUT2D eigenvalue weighted by atomic mass is 16.5. The molecule has 4 heteroatoms. The molecule has 0 bridgehead atoms. The van der Waals surface area contributed by atoms with Gasteiger partial charge in [-0.05, 0) is 40.3 Å². The maximum absolute atomic E-state index is 10.2. The fraction of sp³-hybridized carbons (Fsp3) is 0.867. The lowest BCUT2D eigenvalue weighted by Crippen LogP contribution is -2.49. The summed E-state index contributed by atoms with van der Waals surface area (Å²) in [5.74, 6) is 0. The molecule has 3 unspecified atom stereocenters. The molecule has 1 rings (SSSR count). The van der Waals surface area contributed by atoms with Crippen molar-refractivity contribution in [3.05, 3.63) is 12.7 Å². The Balaban J connectivity index is 2.22. The van der Waals surface area contributed by atoms with Crippen molar-refractivity contribution >= 4 is 0 Å². The van der Waals surface area contributed by atoms with Gasteiger partial charge in [0.05, 0.1) is 18.3 Å². The Kier molecular flexibility index (Phi) is 7.61. The SMILES string of the molecule is C=CCCCN(C)CC(O)CN1CC(C)OC(C)C1. The zero-order chi connectivity index (χ0) is 14.3. The summed E-state index contributed by atoms with van der Waals surface area (Å²) < 4.78 is 5.70. The topological polar surface area (TPSA) is 35.9 Å². The molecule has 4 nitrogen and oxygen atoms in total. The molecule has 0 aromatic carbocycles. The number of aliphatic hydroxyl groups is 1. The van der Waals surface area contributed by atoms with Gasteiger partial charge in [0.15, 0.2) is 0 Å². The molecule has 3 atom stereocenters. The Labute approximate surface area is 118 Å². The van der Waals surface area contributed by atoms with Crippen molar-refractivity contribution in [3.8, 4) is 0 Å². The van der Waals surface area contributed by atoms with E-state index >= 15 is 0 Å². The highest BCUT2D eigenvalue weighted by Crippen LogP contribution is 2.11. The van der Waals surface area contributed by atoms with E-state index in [9.17, 15) is 5.11 Å². The lowest BCUT2D eigenvalue weighted by molar-refractivity contribution is -0.0776. The molecule has 1 aliphatic heterocycles. The minimum atomic E-state index is -0.286. The third kappa shape index (κ3) is 7.06. The molecule has 0 aromatic heterocycles. The summed E-state index contributed by atoms with van der Waals surface area (Å²) in [5.41, 5.74) is 0. The fourth-order valence-corrected chi connectivity index (χ4v) is 2.75. The molecular weight excluding hydrogens is 240 g/mol. The Morgan fingerprint density at radius 1 is 1.42 bits per heavy atom. The molecule has 112 valence electrons. The fourth-order valence-electron chi connectivity index (χ4n) is 2.75. The molecule has 19 heavy (non-hydrogen) atoms. The summed E-state index contributed by atoms with van der Waals surface area (Å²) in [4.78, 5) is 4.50. The van der Waals surface area contributed by atoms with Crippen molar-refractivity contribution in [2.45, 2.75) is 45.0 Å². The molecule has 0 aromatic rings. The van der Waals surface area contributed by atoms with Gasteiger partial charge in [-0.15, -0.1) is 6.58 Å². The van der Waals surface area contributed by atoms with Gasteiger partial charge in [-0.3, -0.25) is 4.90 Å². The zero-order valence-corrected chi connectivity index (χ0v) is 12.7. The summed E-state index contributed by atoms with van der Waals surface area (Å²) in [6.07, 6.45) is 4.34. The van der Waals surface area contributed by atoms with E-state index in [1.807, 2.05) is 6.08 Å². The van der Waals surface area contributed by atoms with Crippen molar-refractivity contribution in [2.24, 2.45) is 0 Å². The van der Waals surface area contributed by atoms with Crippen LogP contribution in [0.1, 0.15) is 26.7 Å². The first-order valence-corrected chi connectivity index (χ1v) is 7.36. The van der Waals surface area contributed by atoms with E-state index in [1.54, 1.807) is 0 Å². The number of morpholine rings is 1. The van der Waals surface area contributed by atoms with E-state index in [2.05, 4.69) is 37.3 Å². The highest BCUT2D eigenvalue weighted by Gasteiger charge is 2.23. The van der Waals surface area contributed by atoms with Gasteiger partial charge in [-0.1, -0.05) is 6.08 Å². The van der Waals surface area contributed by atoms with Crippen LogP contribution in [-0.4, -0.2) is 73.0 Å². The quantitative estimate of drug-likeness (QED) is 0.533. The van der Waals surface area contributed by atoms with Crippen LogP contribution >= 0.6 is 0 Å². The monoisotopic (exact) mass is 270 g/mol. The maximum atomic E-state index is 10.2. The first kappa shape index (κ1) is 16.6. The molecular formula is C15H30N2O2. The van der Waals surface area contributed by atoms with Gasteiger partial charge in [-0.2, -0.15) is 0 Å². The van der Waals surface area contributed by atoms with Gasteiger partial charge in [0.1, 0.15) is 0 Å². The van der Waals surface area contributed by atoms with Gasteiger partial charge in [0.25, 0.3) is 0 Å². The van der Waals surface area contributed by atoms with E-state index in [1.165, 1.54) is 0 Å². The highest BCUT2D eigenvalue weighted by molar-refractivity contribution is 4.76. The van der Waals surface area contributed by atoms with Crippen molar-refractivity contribution < 1.29 is 9.84 Å². The van der Waals surface area contributed by atoms with E-state index < -0.39 is 0 Å². The molecule has 1 heterocycles. The average Bonchev–Trinajstić information content (AvgIpc) is 2.27. The predicted molar refractivity (Wildman–Crippen MR) is 79.4 cm³/mol. The number of allylic oxidation sites excluding steroid dienone is 1. The lowest BCUT2D eigenvalue weighted by atomic mass is 10.2. The van der Waals surface area contributed by atoms with Gasteiger partial charge >= 0.3 is 0 Å². The van der Waals surface area contributed by atoms with Crippen molar-refractivity contribution in [1.82, 2.24) is 9.80 Å². The first-order valence-electron chi connectivity index (χ1n) is 7.36. The average molecular weight is 270 g/mol. The number of unbranched alkanes of at least 4 members (excludes halogenated alkanes) is 1. The van der Waals surface area contributed by atoms with Crippen molar-refractivity contribution in [3.63, 3.8) is 0 Å². The molecule has 0 radical (unpaired) electrons. The number of nitrogens with zero attached hydrogens (tertiary/aromatic N) is 2. The maximum Gasteiger partial charge on any atom is 0.0793 e.